The van der Waals surface area contributed by atoms with Crippen molar-refractivity contribution in [3.63, 3.8) is 0 Å². The number of epoxide rings is 1. The minimum atomic E-state index is -0.961. The number of aliphatic hydroxyl groups excluding tert-OH is 1. The van der Waals surface area contributed by atoms with Crippen LogP contribution < -0.4 is 0 Å². The monoisotopic (exact) mass is 322 g/mol. The Morgan fingerprint density at radius 3 is 2.65 bits per heavy atom. The van der Waals surface area contributed by atoms with Crippen LogP contribution in [0.1, 0.15) is 66.7 Å². The molecule has 5 atom stereocenters. The van der Waals surface area contributed by atoms with E-state index in [0.717, 1.165) is 31.3 Å². The van der Waals surface area contributed by atoms with E-state index in [1.807, 2.05) is 26.8 Å². The molecule has 0 saturated carbocycles. The van der Waals surface area contributed by atoms with Gasteiger partial charge in [0.2, 0.25) is 0 Å². The number of hydrogen-bond donors (Lipinski definition) is 2. The van der Waals surface area contributed by atoms with Crippen LogP contribution in [-0.4, -0.2) is 33.6 Å². The molecule has 2 rings (SSSR count). The molecule has 0 aromatic rings. The highest BCUT2D eigenvalue weighted by molar-refractivity contribution is 5.13. The van der Waals surface area contributed by atoms with Gasteiger partial charge in [-0.15, -0.1) is 0 Å². The first-order valence-electron chi connectivity index (χ1n) is 9.10. The number of hydrogen-bond acceptors (Lipinski definition) is 3. The van der Waals surface area contributed by atoms with E-state index in [0.29, 0.717) is 18.4 Å². The van der Waals surface area contributed by atoms with Crippen LogP contribution in [0.5, 0.6) is 0 Å². The van der Waals surface area contributed by atoms with E-state index >= 15 is 0 Å². The second-order valence-electron chi connectivity index (χ2n) is 8.19. The minimum Gasteiger partial charge on any atom is -0.389 e. The van der Waals surface area contributed by atoms with Crippen molar-refractivity contribution >= 4 is 0 Å². The van der Waals surface area contributed by atoms with Gasteiger partial charge in [0.1, 0.15) is 0 Å². The maximum Gasteiger partial charge on any atom is 0.0923 e. The van der Waals surface area contributed by atoms with Crippen molar-refractivity contribution in [1.82, 2.24) is 0 Å². The Bertz CT molecular complexity index is 468. The van der Waals surface area contributed by atoms with Crippen LogP contribution in [0.15, 0.2) is 23.8 Å². The molecule has 0 aromatic carbocycles. The fourth-order valence-corrected chi connectivity index (χ4v) is 3.41. The van der Waals surface area contributed by atoms with Gasteiger partial charge in [-0.3, -0.25) is 0 Å². The van der Waals surface area contributed by atoms with Crippen molar-refractivity contribution in [2.24, 2.45) is 11.8 Å². The van der Waals surface area contributed by atoms with Crippen LogP contribution >= 0.6 is 0 Å². The van der Waals surface area contributed by atoms with Crippen LogP contribution in [-0.2, 0) is 4.74 Å². The highest BCUT2D eigenvalue weighted by Gasteiger charge is 2.50. The summed E-state index contributed by atoms with van der Waals surface area (Å²) in [4.78, 5) is 0. The SMILES string of the molecule is C/C1=C\CC[C@]2(C)O[C@H]2CC[C@H](C)/C=C/[C@@](O)(C(C)C)C[C@H]1O. The Labute approximate surface area is 141 Å². The Hall–Kier alpha value is -0.640. The summed E-state index contributed by atoms with van der Waals surface area (Å²) in [5, 5.41) is 21.5. The highest BCUT2D eigenvalue weighted by atomic mass is 16.6. The van der Waals surface area contributed by atoms with E-state index in [9.17, 15) is 10.2 Å². The third-order valence-electron chi connectivity index (χ3n) is 5.79. The Kier molecular flexibility index (Phi) is 5.76. The van der Waals surface area contributed by atoms with Gasteiger partial charge >= 0.3 is 0 Å². The standard InChI is InChI=1S/C20H34O3/c1-14(2)20(22)12-10-15(3)8-9-18-19(5,23-18)11-6-7-16(4)17(21)13-20/h7,10,12,14-15,17-18,21-22H,6,8-9,11,13H2,1-5H3/b12-10+,16-7+/t15-,17+,18-,19-,20-/m0/s1. The average Bonchev–Trinajstić information content (AvgIpc) is 3.12. The van der Waals surface area contributed by atoms with E-state index in [-0.39, 0.29) is 11.5 Å². The van der Waals surface area contributed by atoms with Gasteiger partial charge in [0.05, 0.1) is 23.4 Å². The summed E-state index contributed by atoms with van der Waals surface area (Å²) in [7, 11) is 0. The zero-order valence-corrected chi connectivity index (χ0v) is 15.4. The van der Waals surface area contributed by atoms with E-state index in [2.05, 4.69) is 26.0 Å². The Morgan fingerprint density at radius 2 is 2.00 bits per heavy atom. The molecule has 0 radical (unpaired) electrons. The number of allylic oxidation sites excluding steroid dienone is 2. The molecule has 0 bridgehead atoms. The fraction of sp³-hybridized carbons (Fsp3) is 0.800. The predicted octanol–water partition coefficient (Wildman–Crippen LogP) is 3.99. The van der Waals surface area contributed by atoms with E-state index in [4.69, 9.17) is 4.74 Å². The zero-order valence-electron chi connectivity index (χ0n) is 15.4. The number of fused-ring (bicyclic) bond motifs is 1. The van der Waals surface area contributed by atoms with E-state index in [1.165, 1.54) is 0 Å². The van der Waals surface area contributed by atoms with Crippen molar-refractivity contribution in [2.45, 2.75) is 90.1 Å². The molecular formula is C20H34O3. The van der Waals surface area contributed by atoms with Crippen LogP contribution in [0.4, 0.5) is 0 Å². The molecule has 1 fully saturated rings. The summed E-state index contributed by atoms with van der Waals surface area (Å²) in [6.07, 6.45) is 10.3. The second-order valence-corrected chi connectivity index (χ2v) is 8.19. The van der Waals surface area contributed by atoms with Gasteiger partial charge in [0.15, 0.2) is 0 Å². The Morgan fingerprint density at radius 1 is 1.30 bits per heavy atom. The largest absolute Gasteiger partial charge is 0.389 e. The molecule has 1 saturated heterocycles. The molecule has 0 spiro atoms. The average molecular weight is 322 g/mol. The van der Waals surface area contributed by atoms with Gasteiger partial charge in [-0.25, -0.2) is 0 Å². The predicted molar refractivity (Wildman–Crippen MR) is 94.2 cm³/mol. The molecule has 0 unspecified atom stereocenters. The fourth-order valence-electron chi connectivity index (χ4n) is 3.41. The van der Waals surface area contributed by atoms with E-state index in [1.54, 1.807) is 0 Å². The van der Waals surface area contributed by atoms with Crippen molar-refractivity contribution < 1.29 is 14.9 Å². The molecule has 1 aliphatic carbocycles. The molecule has 1 heterocycles. The topological polar surface area (TPSA) is 53.0 Å². The van der Waals surface area contributed by atoms with Gasteiger partial charge < -0.3 is 14.9 Å². The molecule has 23 heavy (non-hydrogen) atoms. The van der Waals surface area contributed by atoms with Gasteiger partial charge in [0.25, 0.3) is 0 Å². The lowest BCUT2D eigenvalue weighted by Crippen LogP contribution is -2.37. The summed E-state index contributed by atoms with van der Waals surface area (Å²) in [6.45, 7) is 10.4. The number of rotatable bonds is 1. The molecular weight excluding hydrogens is 288 g/mol. The second kappa shape index (κ2) is 7.08. The smallest absolute Gasteiger partial charge is 0.0923 e. The summed E-state index contributed by atoms with van der Waals surface area (Å²) >= 11 is 0. The van der Waals surface area contributed by atoms with Crippen molar-refractivity contribution in [1.29, 1.82) is 0 Å². The van der Waals surface area contributed by atoms with Crippen molar-refractivity contribution in [3.05, 3.63) is 23.8 Å². The minimum absolute atomic E-state index is 0.0218. The molecule has 2 aliphatic rings. The quantitative estimate of drug-likeness (QED) is 0.567. The van der Waals surface area contributed by atoms with Crippen LogP contribution in [0, 0.1) is 11.8 Å². The maximum atomic E-state index is 11.0. The Balaban J connectivity index is 2.18. The molecule has 0 aromatic heterocycles. The summed E-state index contributed by atoms with van der Waals surface area (Å²) < 4.78 is 5.90. The lowest BCUT2D eigenvalue weighted by Gasteiger charge is -2.32. The van der Waals surface area contributed by atoms with Gasteiger partial charge in [0, 0.05) is 6.42 Å². The summed E-state index contributed by atoms with van der Waals surface area (Å²) in [5.41, 5.74) is 0.00853. The first kappa shape index (κ1) is 18.7. The van der Waals surface area contributed by atoms with E-state index < -0.39 is 11.7 Å². The van der Waals surface area contributed by atoms with Gasteiger partial charge in [-0.2, -0.15) is 0 Å². The molecule has 0 amide bonds. The van der Waals surface area contributed by atoms with Crippen LogP contribution in [0.25, 0.3) is 0 Å². The number of ether oxygens (including phenoxy) is 1. The third-order valence-corrected chi connectivity index (χ3v) is 5.79. The molecule has 3 nitrogen and oxygen atoms in total. The number of aliphatic hydroxyl groups is 2. The van der Waals surface area contributed by atoms with Crippen molar-refractivity contribution in [3.8, 4) is 0 Å². The highest BCUT2D eigenvalue weighted by Crippen LogP contribution is 2.44. The molecule has 1 aliphatic heterocycles. The van der Waals surface area contributed by atoms with Crippen molar-refractivity contribution in [2.75, 3.05) is 0 Å². The molecule has 3 heteroatoms. The lowest BCUT2D eigenvalue weighted by atomic mass is 9.82. The summed E-state index contributed by atoms with van der Waals surface area (Å²) in [5.74, 6) is 0.474. The normalized spacial score (nSPS) is 46.4. The zero-order chi connectivity index (χ0) is 17.3. The summed E-state index contributed by atoms with van der Waals surface area (Å²) in [6, 6.07) is 0. The van der Waals surface area contributed by atoms with Gasteiger partial charge in [-0.1, -0.05) is 39.0 Å². The van der Waals surface area contributed by atoms with Crippen LogP contribution in [0.2, 0.25) is 0 Å². The maximum absolute atomic E-state index is 11.0. The van der Waals surface area contributed by atoms with Gasteiger partial charge in [-0.05, 0) is 56.9 Å². The van der Waals surface area contributed by atoms with Crippen LogP contribution in [0.3, 0.4) is 0 Å². The first-order valence-corrected chi connectivity index (χ1v) is 9.10. The first-order chi connectivity index (χ1) is 10.7. The third kappa shape index (κ3) is 4.68. The molecule has 2 N–H and O–H groups in total. The molecule has 132 valence electrons. The lowest BCUT2D eigenvalue weighted by molar-refractivity contribution is 0.00151.